The number of hydrogen-bond acceptors (Lipinski definition) is 8. The van der Waals surface area contributed by atoms with Gasteiger partial charge in [0.15, 0.2) is 6.29 Å². The van der Waals surface area contributed by atoms with Crippen molar-refractivity contribution >= 4 is 11.9 Å². The van der Waals surface area contributed by atoms with Crippen LogP contribution in [-0.2, 0) is 38.0 Å². The lowest BCUT2D eigenvalue weighted by molar-refractivity contribution is -0.535. The second-order valence-corrected chi connectivity index (χ2v) is 11.6. The third kappa shape index (κ3) is 5.96. The predicted octanol–water partition coefficient (Wildman–Crippen LogP) is 4.90. The predicted molar refractivity (Wildman–Crippen MR) is 123 cm³/mol. The molecule has 1 aliphatic heterocycles. The number of alkyl halides is 5. The molecule has 0 amide bonds. The van der Waals surface area contributed by atoms with Crippen molar-refractivity contribution < 1.29 is 60.0 Å². The smallest absolute Gasteiger partial charge is 0.450 e. The molecule has 4 aliphatic carbocycles. The van der Waals surface area contributed by atoms with E-state index in [4.69, 9.17) is 28.4 Å². The van der Waals surface area contributed by atoms with Crippen molar-refractivity contribution in [3.63, 3.8) is 0 Å². The van der Waals surface area contributed by atoms with Gasteiger partial charge in [0.25, 0.3) is 0 Å². The lowest BCUT2D eigenvalue weighted by Crippen LogP contribution is -2.72. The minimum Gasteiger partial charge on any atom is -0.463 e. The fourth-order valence-corrected chi connectivity index (χ4v) is 6.71. The zero-order valence-electron chi connectivity index (χ0n) is 22.2. The Balaban J connectivity index is 1.35. The van der Waals surface area contributed by atoms with E-state index in [1.807, 2.05) is 0 Å². The molecule has 39 heavy (non-hydrogen) atoms. The van der Waals surface area contributed by atoms with E-state index in [-0.39, 0.29) is 24.8 Å². The van der Waals surface area contributed by atoms with Crippen LogP contribution >= 0.6 is 0 Å². The molecule has 8 nitrogen and oxygen atoms in total. The number of hydrogen-bond donors (Lipinski definition) is 0. The van der Waals surface area contributed by atoms with Crippen molar-refractivity contribution in [3.8, 4) is 0 Å². The molecule has 4 saturated carbocycles. The van der Waals surface area contributed by atoms with E-state index in [1.165, 1.54) is 6.92 Å². The van der Waals surface area contributed by atoms with Crippen LogP contribution in [-0.4, -0.2) is 68.3 Å². The van der Waals surface area contributed by atoms with Crippen LogP contribution in [0.3, 0.4) is 0 Å². The first-order valence-corrected chi connectivity index (χ1v) is 13.1. The van der Waals surface area contributed by atoms with Gasteiger partial charge in [-0.15, -0.1) is 0 Å². The number of ether oxygens (including phenoxy) is 6. The summed E-state index contributed by atoms with van der Waals surface area (Å²) >= 11 is 0. The van der Waals surface area contributed by atoms with Gasteiger partial charge in [0, 0.05) is 5.57 Å². The fraction of sp³-hybridized carbons (Fsp3) is 0.846. The molecule has 5 fully saturated rings. The molecule has 1 heterocycles. The highest BCUT2D eigenvalue weighted by Gasteiger charge is 2.78. The Morgan fingerprint density at radius 3 is 2.10 bits per heavy atom. The average molecular weight is 571 g/mol. The summed E-state index contributed by atoms with van der Waals surface area (Å²) in [4.78, 5) is 24.6. The molecule has 3 unspecified atom stereocenters. The molecule has 13 heteroatoms. The third-order valence-electron chi connectivity index (χ3n) is 8.06. The summed E-state index contributed by atoms with van der Waals surface area (Å²) in [5.74, 6) is -11.3. The van der Waals surface area contributed by atoms with Crippen LogP contribution in [0.15, 0.2) is 12.2 Å². The summed E-state index contributed by atoms with van der Waals surface area (Å²) in [5.41, 5.74) is -0.586. The Kier molecular flexibility index (Phi) is 8.14. The van der Waals surface area contributed by atoms with Crippen LogP contribution in [0.4, 0.5) is 22.0 Å². The molecule has 5 aliphatic rings. The van der Waals surface area contributed by atoms with Gasteiger partial charge < -0.3 is 28.4 Å². The van der Waals surface area contributed by atoms with Gasteiger partial charge in [0.2, 0.25) is 5.79 Å². The van der Waals surface area contributed by atoms with Crippen LogP contribution in [0.2, 0.25) is 0 Å². The highest BCUT2D eigenvalue weighted by molar-refractivity contribution is 5.86. The van der Waals surface area contributed by atoms with Crippen LogP contribution in [0.1, 0.15) is 59.3 Å². The second kappa shape index (κ2) is 10.5. The van der Waals surface area contributed by atoms with Crippen molar-refractivity contribution in [3.05, 3.63) is 12.2 Å². The van der Waals surface area contributed by atoms with Gasteiger partial charge in [-0.2, -0.15) is 22.0 Å². The van der Waals surface area contributed by atoms with Crippen LogP contribution < -0.4 is 0 Å². The van der Waals surface area contributed by atoms with Gasteiger partial charge in [0.1, 0.15) is 19.8 Å². The molecule has 222 valence electrons. The molecular formula is C26H35F5O8. The first-order chi connectivity index (χ1) is 18.0. The van der Waals surface area contributed by atoms with E-state index < -0.39 is 54.6 Å². The monoisotopic (exact) mass is 570 g/mol. The number of rotatable bonds is 10. The summed E-state index contributed by atoms with van der Waals surface area (Å²) in [6, 6.07) is 0. The number of halogens is 5. The van der Waals surface area contributed by atoms with Crippen molar-refractivity contribution in [1.82, 2.24) is 0 Å². The van der Waals surface area contributed by atoms with E-state index >= 15 is 0 Å². The lowest BCUT2D eigenvalue weighted by Gasteiger charge is -2.55. The normalized spacial score (nSPS) is 37.8. The summed E-state index contributed by atoms with van der Waals surface area (Å²) in [7, 11) is 0. The number of esters is 2. The van der Waals surface area contributed by atoms with Gasteiger partial charge in [-0.05, 0) is 77.0 Å². The van der Waals surface area contributed by atoms with Crippen molar-refractivity contribution in [2.24, 2.45) is 23.2 Å². The Morgan fingerprint density at radius 1 is 1.03 bits per heavy atom. The highest BCUT2D eigenvalue weighted by Crippen LogP contribution is 2.60. The minimum absolute atomic E-state index is 0.0658. The largest absolute Gasteiger partial charge is 0.463 e. The molecule has 3 atom stereocenters. The first-order valence-electron chi connectivity index (χ1n) is 13.1. The first kappa shape index (κ1) is 30.1. The molecule has 0 spiro atoms. The van der Waals surface area contributed by atoms with Gasteiger partial charge >= 0.3 is 29.8 Å². The van der Waals surface area contributed by atoms with Gasteiger partial charge in [-0.1, -0.05) is 6.58 Å². The Labute approximate surface area is 223 Å². The molecular weight excluding hydrogens is 535 g/mol. The maximum absolute atomic E-state index is 14.8. The Hall–Kier alpha value is -1.83. The van der Waals surface area contributed by atoms with Crippen LogP contribution in [0, 0.1) is 23.2 Å². The quantitative estimate of drug-likeness (QED) is 0.121. The van der Waals surface area contributed by atoms with E-state index in [2.05, 4.69) is 6.58 Å². The zero-order chi connectivity index (χ0) is 28.9. The molecule has 0 N–H and O–H groups in total. The minimum atomic E-state index is -5.75. The summed E-state index contributed by atoms with van der Waals surface area (Å²) in [6.45, 7) is 3.20. The zero-order valence-corrected chi connectivity index (χ0v) is 22.2. The lowest BCUT2D eigenvalue weighted by atomic mass is 9.49. The Morgan fingerprint density at radius 2 is 1.59 bits per heavy atom. The van der Waals surface area contributed by atoms with Crippen molar-refractivity contribution in [2.45, 2.75) is 89.3 Å². The Bertz CT molecular complexity index is 933. The molecule has 0 aromatic rings. The van der Waals surface area contributed by atoms with Gasteiger partial charge in [-0.25, -0.2) is 4.79 Å². The maximum Gasteiger partial charge on any atom is 0.450 e. The van der Waals surface area contributed by atoms with E-state index in [9.17, 15) is 31.5 Å². The van der Waals surface area contributed by atoms with Crippen LogP contribution in [0.25, 0.3) is 0 Å². The van der Waals surface area contributed by atoms with Crippen molar-refractivity contribution in [2.75, 3.05) is 26.4 Å². The SMILES string of the molecule is C=C(C)C(=O)OCC1(C)OCC(F)(F)C(OC(C)OCCOC(=O)C23CC4CC(CC(C4)C2)C3)(C(F)(F)F)O1. The summed E-state index contributed by atoms with van der Waals surface area (Å²) in [6.07, 6.45) is -1.85. The van der Waals surface area contributed by atoms with Crippen LogP contribution in [0.5, 0.6) is 0 Å². The van der Waals surface area contributed by atoms with E-state index in [0.29, 0.717) is 17.8 Å². The number of carbonyl (C=O) groups excluding carboxylic acids is 2. The highest BCUT2D eigenvalue weighted by atomic mass is 19.4. The van der Waals surface area contributed by atoms with E-state index in [1.54, 1.807) is 0 Å². The summed E-state index contributed by atoms with van der Waals surface area (Å²) in [5, 5.41) is 0. The molecule has 5 rings (SSSR count). The molecule has 0 aromatic heterocycles. The van der Waals surface area contributed by atoms with E-state index in [0.717, 1.165) is 52.4 Å². The fourth-order valence-electron chi connectivity index (χ4n) is 6.71. The van der Waals surface area contributed by atoms with Crippen molar-refractivity contribution in [1.29, 1.82) is 0 Å². The number of carbonyl (C=O) groups is 2. The molecule has 0 aromatic carbocycles. The molecule has 0 radical (unpaired) electrons. The van der Waals surface area contributed by atoms with Gasteiger partial charge in [0.05, 0.1) is 12.0 Å². The third-order valence-corrected chi connectivity index (χ3v) is 8.06. The standard InChI is InChI=1S/C26H35F5O8/c1-15(2)20(32)36-13-22(4)37-14-24(27,28)25(39-22,26(29,30)31)38-16(3)34-5-6-35-21(33)23-10-17-7-18(11-23)9-19(8-17)12-23/h16-19H,1,5-14H2,2-4H3. The molecule has 4 bridgehead atoms. The summed E-state index contributed by atoms with van der Waals surface area (Å²) < 4.78 is 102. The molecule has 1 saturated heterocycles. The second-order valence-electron chi connectivity index (χ2n) is 11.6. The average Bonchev–Trinajstić information content (AvgIpc) is 2.81. The maximum atomic E-state index is 14.8. The van der Waals surface area contributed by atoms with Gasteiger partial charge in [-0.3, -0.25) is 4.79 Å². The topological polar surface area (TPSA) is 89.5 Å².